The summed E-state index contributed by atoms with van der Waals surface area (Å²) >= 11 is 0. The fourth-order valence-electron chi connectivity index (χ4n) is 6.39. The molecule has 3 aromatic heterocycles. The van der Waals surface area contributed by atoms with E-state index in [0.29, 0.717) is 28.3 Å². The zero-order valence-electron chi connectivity index (χ0n) is 21.6. The highest BCUT2D eigenvalue weighted by Crippen LogP contribution is 2.54. The molecule has 0 amide bonds. The zero-order chi connectivity index (χ0) is 26.7. The lowest BCUT2D eigenvalue weighted by atomic mass is 9.56. The molecule has 0 aliphatic heterocycles. The first kappa shape index (κ1) is 24.9. The molecular formula is C29H29FN4O3S. The third-order valence-corrected chi connectivity index (χ3v) is 9.95. The average Bonchev–Trinajstić information content (AvgIpc) is 3.37. The van der Waals surface area contributed by atoms with Crippen molar-refractivity contribution in [3.8, 4) is 22.6 Å². The van der Waals surface area contributed by atoms with Gasteiger partial charge >= 0.3 is 0 Å². The standard InChI is InChI=1S/C29H29FN4O3S/c1-4-38(35,36)16-20-13-18(11-12-31-20)28-33-25(21-7-5-6-8-24(21)30)22-9-10-23-17(2)26-19(15-32-37-26)14-29(23,3)27(22)34-28/h5-8,11-13,15,17,23H,4,9-10,14,16H2,1-3H3/t17-,23-,29-/m1/s1. The van der Waals surface area contributed by atoms with Gasteiger partial charge in [-0.15, -0.1) is 0 Å². The molecule has 38 heavy (non-hydrogen) atoms. The quantitative estimate of drug-likeness (QED) is 0.337. The van der Waals surface area contributed by atoms with E-state index in [-0.39, 0.29) is 34.6 Å². The Balaban J connectivity index is 1.56. The van der Waals surface area contributed by atoms with Crippen molar-refractivity contribution in [2.75, 3.05) is 5.75 Å². The van der Waals surface area contributed by atoms with E-state index in [0.717, 1.165) is 41.8 Å². The Morgan fingerprint density at radius 3 is 2.79 bits per heavy atom. The monoisotopic (exact) mass is 532 g/mol. The number of aromatic nitrogens is 4. The fraction of sp³-hybridized carbons (Fsp3) is 0.379. The van der Waals surface area contributed by atoms with Crippen molar-refractivity contribution in [2.24, 2.45) is 5.92 Å². The minimum absolute atomic E-state index is 0.0362. The Kier molecular flexibility index (Phi) is 5.94. The summed E-state index contributed by atoms with van der Waals surface area (Å²) in [5.41, 5.74) is 4.74. The summed E-state index contributed by atoms with van der Waals surface area (Å²) in [6.07, 6.45) is 5.73. The second kappa shape index (κ2) is 9.08. The first-order valence-electron chi connectivity index (χ1n) is 13.0. The number of nitrogens with zero attached hydrogens (tertiary/aromatic N) is 4. The molecular weight excluding hydrogens is 503 g/mol. The predicted octanol–water partition coefficient (Wildman–Crippen LogP) is 5.45. The van der Waals surface area contributed by atoms with Crippen molar-refractivity contribution in [1.29, 1.82) is 0 Å². The second-order valence-electron chi connectivity index (χ2n) is 10.7. The van der Waals surface area contributed by atoms with Crippen LogP contribution in [-0.2, 0) is 33.8 Å². The Hall–Kier alpha value is -3.46. The largest absolute Gasteiger partial charge is 0.361 e. The van der Waals surface area contributed by atoms with E-state index in [4.69, 9.17) is 14.5 Å². The Morgan fingerprint density at radius 1 is 1.18 bits per heavy atom. The zero-order valence-corrected chi connectivity index (χ0v) is 22.4. The number of rotatable bonds is 5. The summed E-state index contributed by atoms with van der Waals surface area (Å²) < 4.78 is 45.3. The highest BCUT2D eigenvalue weighted by Gasteiger charge is 2.50. The van der Waals surface area contributed by atoms with Crippen LogP contribution in [0.15, 0.2) is 53.3 Å². The highest BCUT2D eigenvalue weighted by molar-refractivity contribution is 7.90. The SMILES string of the molecule is CCS(=O)(=O)Cc1cc(-c2nc(-c3ccccc3F)c3c(n2)[C@]2(C)Cc4cnoc4[C@H](C)[C@H]2CC3)ccn1. The molecule has 2 aliphatic carbocycles. The molecule has 0 spiro atoms. The lowest BCUT2D eigenvalue weighted by Gasteiger charge is -2.47. The van der Waals surface area contributed by atoms with Crippen molar-refractivity contribution >= 4 is 9.84 Å². The summed E-state index contributed by atoms with van der Waals surface area (Å²) in [7, 11) is -3.26. The molecule has 0 unspecified atom stereocenters. The van der Waals surface area contributed by atoms with Crippen molar-refractivity contribution in [1.82, 2.24) is 20.1 Å². The van der Waals surface area contributed by atoms with E-state index >= 15 is 4.39 Å². The van der Waals surface area contributed by atoms with Gasteiger partial charge in [0.05, 0.1) is 29.0 Å². The van der Waals surface area contributed by atoms with Gasteiger partial charge in [0.2, 0.25) is 0 Å². The Morgan fingerprint density at radius 2 is 2.00 bits per heavy atom. The van der Waals surface area contributed by atoms with E-state index in [1.807, 2.05) is 6.07 Å². The van der Waals surface area contributed by atoms with Crippen molar-refractivity contribution in [3.63, 3.8) is 0 Å². The van der Waals surface area contributed by atoms with Gasteiger partial charge in [-0.1, -0.05) is 38.1 Å². The molecule has 1 aromatic carbocycles. The first-order valence-corrected chi connectivity index (χ1v) is 14.8. The number of hydrogen-bond donors (Lipinski definition) is 0. The number of benzene rings is 1. The summed E-state index contributed by atoms with van der Waals surface area (Å²) in [5, 5.41) is 4.07. The topological polar surface area (TPSA) is 98.8 Å². The minimum Gasteiger partial charge on any atom is -0.361 e. The summed E-state index contributed by atoms with van der Waals surface area (Å²) in [6.45, 7) is 6.03. The number of hydrogen-bond acceptors (Lipinski definition) is 7. The van der Waals surface area contributed by atoms with Gasteiger partial charge in [0.1, 0.15) is 11.6 Å². The molecule has 0 saturated heterocycles. The third kappa shape index (κ3) is 4.04. The Labute approximate surface area is 221 Å². The maximum Gasteiger partial charge on any atom is 0.160 e. The molecule has 0 bridgehead atoms. The molecule has 0 N–H and O–H groups in total. The van der Waals surface area contributed by atoms with Crippen LogP contribution in [0.4, 0.5) is 4.39 Å². The average molecular weight is 533 g/mol. The molecule has 4 aromatic rings. The smallest absolute Gasteiger partial charge is 0.160 e. The number of halogens is 1. The number of pyridine rings is 1. The molecule has 2 aliphatic rings. The molecule has 196 valence electrons. The van der Waals surface area contributed by atoms with Gasteiger partial charge in [-0.05, 0) is 49.4 Å². The molecule has 0 saturated carbocycles. The summed E-state index contributed by atoms with van der Waals surface area (Å²) in [6, 6.07) is 10.2. The molecule has 3 heterocycles. The van der Waals surface area contributed by atoms with Crippen LogP contribution in [0.1, 0.15) is 61.4 Å². The van der Waals surface area contributed by atoms with Crippen molar-refractivity contribution in [3.05, 3.63) is 82.9 Å². The van der Waals surface area contributed by atoms with Gasteiger partial charge in [0.25, 0.3) is 0 Å². The van der Waals surface area contributed by atoms with E-state index in [1.165, 1.54) is 6.07 Å². The summed E-state index contributed by atoms with van der Waals surface area (Å²) in [5.74, 6) is 1.36. The van der Waals surface area contributed by atoms with Gasteiger partial charge < -0.3 is 4.52 Å². The maximum atomic E-state index is 15.2. The van der Waals surface area contributed by atoms with Gasteiger partial charge in [-0.25, -0.2) is 22.8 Å². The van der Waals surface area contributed by atoms with Crippen LogP contribution >= 0.6 is 0 Å². The van der Waals surface area contributed by atoms with Gasteiger partial charge in [-0.3, -0.25) is 4.98 Å². The van der Waals surface area contributed by atoms with Crippen molar-refractivity contribution in [2.45, 2.75) is 57.1 Å². The van der Waals surface area contributed by atoms with Gasteiger partial charge in [-0.2, -0.15) is 0 Å². The van der Waals surface area contributed by atoms with E-state index in [9.17, 15) is 8.42 Å². The van der Waals surface area contributed by atoms with Gasteiger partial charge in [0.15, 0.2) is 15.7 Å². The molecule has 0 radical (unpaired) electrons. The predicted molar refractivity (Wildman–Crippen MR) is 142 cm³/mol. The van der Waals surface area contributed by atoms with Crippen LogP contribution in [0, 0.1) is 11.7 Å². The molecule has 6 rings (SSSR count). The minimum atomic E-state index is -3.26. The second-order valence-corrected chi connectivity index (χ2v) is 13.0. The molecule has 7 nitrogen and oxygen atoms in total. The van der Waals surface area contributed by atoms with Crippen LogP contribution in [0.3, 0.4) is 0 Å². The van der Waals surface area contributed by atoms with E-state index < -0.39 is 9.84 Å². The summed E-state index contributed by atoms with van der Waals surface area (Å²) in [4.78, 5) is 14.3. The first-order chi connectivity index (χ1) is 18.2. The van der Waals surface area contributed by atoms with Crippen LogP contribution in [0.25, 0.3) is 22.6 Å². The van der Waals surface area contributed by atoms with Crippen LogP contribution in [-0.4, -0.2) is 34.3 Å². The van der Waals surface area contributed by atoms with Crippen LogP contribution in [0.2, 0.25) is 0 Å². The lowest BCUT2D eigenvalue weighted by Crippen LogP contribution is -2.45. The van der Waals surface area contributed by atoms with Crippen LogP contribution in [0.5, 0.6) is 0 Å². The Bertz CT molecular complexity index is 1650. The molecule has 9 heteroatoms. The third-order valence-electron chi connectivity index (χ3n) is 8.33. The maximum absolute atomic E-state index is 15.2. The van der Waals surface area contributed by atoms with Gasteiger partial charge in [0, 0.05) is 45.5 Å². The van der Waals surface area contributed by atoms with Crippen molar-refractivity contribution < 1.29 is 17.3 Å². The highest BCUT2D eigenvalue weighted by atomic mass is 32.2. The normalized spacial score (nSPS) is 22.4. The molecule has 0 fully saturated rings. The number of sulfone groups is 1. The molecule has 3 atom stereocenters. The van der Waals surface area contributed by atoms with E-state index in [2.05, 4.69) is 24.0 Å². The number of fused-ring (bicyclic) bond motifs is 4. The van der Waals surface area contributed by atoms with E-state index in [1.54, 1.807) is 43.6 Å². The fourth-order valence-corrected chi connectivity index (χ4v) is 7.20. The lowest BCUT2D eigenvalue weighted by molar-refractivity contribution is 0.172. The van der Waals surface area contributed by atoms with Crippen LogP contribution < -0.4 is 0 Å².